The van der Waals surface area contributed by atoms with Gasteiger partial charge in [0.1, 0.15) is 0 Å². The SMILES string of the molecule is CC.CC.CC1(C)C(=O)N(CCOCc2ccccc2)C2=C1CCC([N+](=O)[O-])C=C2. The Hall–Kier alpha value is -2.47. The minimum Gasteiger partial charge on any atom is -0.375 e. The lowest BCUT2D eigenvalue weighted by molar-refractivity contribution is -0.510. The molecular formula is C24H36N2O4. The molecule has 0 spiro atoms. The number of rotatable bonds is 6. The molecule has 30 heavy (non-hydrogen) atoms. The molecule has 0 radical (unpaired) electrons. The van der Waals surface area contributed by atoms with E-state index >= 15 is 0 Å². The summed E-state index contributed by atoms with van der Waals surface area (Å²) in [6.45, 7) is 13.2. The molecule has 0 saturated heterocycles. The van der Waals surface area contributed by atoms with Gasteiger partial charge in [-0.2, -0.15) is 0 Å². The maximum Gasteiger partial charge on any atom is 0.236 e. The van der Waals surface area contributed by atoms with Crippen molar-refractivity contribution in [2.75, 3.05) is 13.2 Å². The topological polar surface area (TPSA) is 72.7 Å². The van der Waals surface area contributed by atoms with Crippen LogP contribution in [0.25, 0.3) is 0 Å². The highest BCUT2D eigenvalue weighted by molar-refractivity contribution is 5.91. The van der Waals surface area contributed by atoms with Crippen LogP contribution in [0, 0.1) is 15.5 Å². The van der Waals surface area contributed by atoms with E-state index in [9.17, 15) is 14.9 Å². The molecule has 1 amide bonds. The summed E-state index contributed by atoms with van der Waals surface area (Å²) in [5.74, 6) is 0.0371. The second-order valence-corrected chi connectivity index (χ2v) is 7.23. The minimum absolute atomic E-state index is 0.0371. The van der Waals surface area contributed by atoms with Gasteiger partial charge in [-0.05, 0) is 43.6 Å². The predicted molar refractivity (Wildman–Crippen MR) is 120 cm³/mol. The quantitative estimate of drug-likeness (QED) is 0.355. The van der Waals surface area contributed by atoms with Gasteiger partial charge in [0, 0.05) is 23.6 Å². The number of carbonyl (C=O) groups excluding carboxylic acids is 1. The van der Waals surface area contributed by atoms with Crippen molar-refractivity contribution in [1.82, 2.24) is 4.90 Å². The number of ether oxygens (including phenoxy) is 1. The largest absolute Gasteiger partial charge is 0.375 e. The average molecular weight is 417 g/mol. The van der Waals surface area contributed by atoms with Gasteiger partial charge in [0.05, 0.1) is 18.6 Å². The van der Waals surface area contributed by atoms with Crippen LogP contribution < -0.4 is 0 Å². The second kappa shape index (κ2) is 12.3. The lowest BCUT2D eigenvalue weighted by Crippen LogP contribution is -2.35. The number of hydrogen-bond acceptors (Lipinski definition) is 4. The van der Waals surface area contributed by atoms with Crippen molar-refractivity contribution < 1.29 is 14.5 Å². The van der Waals surface area contributed by atoms with Gasteiger partial charge >= 0.3 is 0 Å². The highest BCUT2D eigenvalue weighted by Crippen LogP contribution is 2.44. The summed E-state index contributed by atoms with van der Waals surface area (Å²) in [5.41, 5.74) is 2.27. The van der Waals surface area contributed by atoms with E-state index in [1.54, 1.807) is 17.1 Å². The monoisotopic (exact) mass is 416 g/mol. The summed E-state index contributed by atoms with van der Waals surface area (Å²) in [6, 6.07) is 9.18. The van der Waals surface area contributed by atoms with Crippen LogP contribution in [0.4, 0.5) is 0 Å². The van der Waals surface area contributed by atoms with Gasteiger partial charge < -0.3 is 9.64 Å². The second-order valence-electron chi connectivity index (χ2n) is 7.23. The van der Waals surface area contributed by atoms with Gasteiger partial charge in [-0.3, -0.25) is 14.9 Å². The molecule has 0 saturated carbocycles. The third-order valence-corrected chi connectivity index (χ3v) is 5.14. The Bertz CT molecular complexity index is 754. The van der Waals surface area contributed by atoms with Gasteiger partial charge in [-0.25, -0.2) is 0 Å². The molecule has 1 aromatic carbocycles. The Morgan fingerprint density at radius 1 is 1.17 bits per heavy atom. The molecule has 0 bridgehead atoms. The van der Waals surface area contributed by atoms with E-state index in [2.05, 4.69) is 0 Å². The normalized spacial score (nSPS) is 19.2. The Morgan fingerprint density at radius 2 is 1.80 bits per heavy atom. The lowest BCUT2D eigenvalue weighted by atomic mass is 9.82. The molecule has 1 aromatic rings. The summed E-state index contributed by atoms with van der Waals surface area (Å²) in [6.07, 6.45) is 4.35. The lowest BCUT2D eigenvalue weighted by Gasteiger charge is -2.23. The van der Waals surface area contributed by atoms with E-state index in [0.717, 1.165) is 16.8 Å². The third kappa shape index (κ3) is 6.02. The summed E-state index contributed by atoms with van der Waals surface area (Å²) in [7, 11) is 0. The molecule has 1 aliphatic heterocycles. The Labute approximate surface area is 180 Å². The van der Waals surface area contributed by atoms with Crippen molar-refractivity contribution in [1.29, 1.82) is 0 Å². The van der Waals surface area contributed by atoms with Gasteiger partial charge in [-0.15, -0.1) is 0 Å². The van der Waals surface area contributed by atoms with Gasteiger partial charge in [0.2, 0.25) is 11.9 Å². The molecule has 1 heterocycles. The Kier molecular flexibility index (Phi) is 10.5. The number of benzene rings is 1. The van der Waals surface area contributed by atoms with Crippen molar-refractivity contribution in [2.45, 2.75) is 67.0 Å². The zero-order chi connectivity index (χ0) is 22.7. The first kappa shape index (κ1) is 25.6. The maximum absolute atomic E-state index is 12.8. The number of nitro groups is 1. The molecular weight excluding hydrogens is 380 g/mol. The van der Waals surface area contributed by atoms with Crippen LogP contribution in [0.15, 0.2) is 53.8 Å². The van der Waals surface area contributed by atoms with Crippen LogP contribution >= 0.6 is 0 Å². The Morgan fingerprint density at radius 3 is 2.40 bits per heavy atom. The van der Waals surface area contributed by atoms with E-state index in [1.165, 1.54) is 0 Å². The van der Waals surface area contributed by atoms with Gasteiger partial charge in [0.25, 0.3) is 0 Å². The summed E-state index contributed by atoms with van der Waals surface area (Å²) >= 11 is 0. The molecule has 166 valence electrons. The number of hydrogen-bond donors (Lipinski definition) is 0. The molecule has 3 rings (SSSR count). The molecule has 2 aliphatic rings. The van der Waals surface area contributed by atoms with Crippen LogP contribution in [-0.4, -0.2) is 34.9 Å². The molecule has 0 N–H and O–H groups in total. The van der Waals surface area contributed by atoms with E-state index in [4.69, 9.17) is 4.74 Å². The maximum atomic E-state index is 12.8. The number of carbonyl (C=O) groups is 1. The average Bonchev–Trinajstić information content (AvgIpc) is 2.93. The van der Waals surface area contributed by atoms with E-state index in [-0.39, 0.29) is 10.8 Å². The first-order valence-corrected chi connectivity index (χ1v) is 10.9. The smallest absolute Gasteiger partial charge is 0.236 e. The minimum atomic E-state index is -0.692. The van der Waals surface area contributed by atoms with E-state index in [0.29, 0.717) is 32.6 Å². The summed E-state index contributed by atoms with van der Waals surface area (Å²) in [5, 5.41) is 11.1. The first-order chi connectivity index (χ1) is 14.4. The molecule has 1 unspecified atom stereocenters. The standard InChI is InChI=1S/C20H24N2O4.2C2H6/c1-20(2)17-10-8-16(22(24)25)9-11-18(17)21(19(20)23)12-13-26-14-15-6-4-3-5-7-15;2*1-2/h3-7,9,11,16H,8,10,12-14H2,1-2H3;2*1-2H3. The van der Waals surface area contributed by atoms with Crippen LogP contribution in [0.3, 0.4) is 0 Å². The van der Waals surface area contributed by atoms with Crippen LogP contribution in [0.5, 0.6) is 0 Å². The highest BCUT2D eigenvalue weighted by Gasteiger charge is 2.45. The third-order valence-electron chi connectivity index (χ3n) is 5.14. The van der Waals surface area contributed by atoms with E-state index in [1.807, 2.05) is 71.9 Å². The van der Waals surface area contributed by atoms with Crippen molar-refractivity contribution in [3.05, 3.63) is 69.4 Å². The fourth-order valence-electron chi connectivity index (χ4n) is 3.60. The predicted octanol–water partition coefficient (Wildman–Crippen LogP) is 5.37. The van der Waals surface area contributed by atoms with Gasteiger partial charge in [0.15, 0.2) is 0 Å². The van der Waals surface area contributed by atoms with Crippen LogP contribution in [0.2, 0.25) is 0 Å². The fraction of sp³-hybridized carbons (Fsp3) is 0.542. The zero-order valence-corrected chi connectivity index (χ0v) is 19.2. The number of nitrogens with zero attached hydrogens (tertiary/aromatic N) is 2. The molecule has 6 heteroatoms. The molecule has 0 fully saturated rings. The van der Waals surface area contributed by atoms with Crippen molar-refractivity contribution in [3.63, 3.8) is 0 Å². The highest BCUT2D eigenvalue weighted by atomic mass is 16.6. The van der Waals surface area contributed by atoms with Crippen molar-refractivity contribution in [2.24, 2.45) is 5.41 Å². The van der Waals surface area contributed by atoms with E-state index < -0.39 is 11.5 Å². The summed E-state index contributed by atoms with van der Waals surface area (Å²) < 4.78 is 5.72. The molecule has 6 nitrogen and oxygen atoms in total. The molecule has 1 atom stereocenters. The summed E-state index contributed by atoms with van der Waals surface area (Å²) in [4.78, 5) is 25.4. The van der Waals surface area contributed by atoms with Crippen molar-refractivity contribution in [3.8, 4) is 0 Å². The Balaban J connectivity index is 0.00000106. The zero-order valence-electron chi connectivity index (χ0n) is 19.2. The number of allylic oxidation sites excluding steroid dienone is 1. The molecule has 1 aliphatic carbocycles. The fourth-order valence-corrected chi connectivity index (χ4v) is 3.60. The van der Waals surface area contributed by atoms with Crippen LogP contribution in [-0.2, 0) is 16.1 Å². The first-order valence-electron chi connectivity index (χ1n) is 10.9. The van der Waals surface area contributed by atoms with Crippen LogP contribution in [0.1, 0.15) is 59.9 Å². The van der Waals surface area contributed by atoms with Gasteiger partial charge in [-0.1, -0.05) is 58.0 Å². The van der Waals surface area contributed by atoms with Crippen molar-refractivity contribution >= 4 is 5.91 Å². The molecule has 0 aromatic heterocycles. The number of amides is 1.